The summed E-state index contributed by atoms with van der Waals surface area (Å²) in [4.78, 5) is 40.6. The molecule has 168 valence electrons. The molecule has 31 heavy (non-hydrogen) atoms. The first-order chi connectivity index (χ1) is 14.7. The SMILES string of the molecule is CC(C)(C)OC(=O)NC(CCCCNC(=O)OCc1ccccc1)C(=O)c1nccs1. The molecule has 0 saturated carbocycles. The molecule has 0 aliphatic carbocycles. The number of ether oxygens (including phenoxy) is 2. The van der Waals surface area contributed by atoms with Crippen LogP contribution in [0.15, 0.2) is 41.9 Å². The third kappa shape index (κ3) is 9.61. The number of ketones is 1. The minimum Gasteiger partial charge on any atom is -0.445 e. The highest BCUT2D eigenvalue weighted by Gasteiger charge is 2.26. The maximum atomic E-state index is 12.7. The quantitative estimate of drug-likeness (QED) is 0.415. The van der Waals surface area contributed by atoms with Gasteiger partial charge in [0.2, 0.25) is 5.78 Å². The number of benzene rings is 1. The van der Waals surface area contributed by atoms with Crippen molar-refractivity contribution >= 4 is 29.3 Å². The number of thiazole rings is 1. The lowest BCUT2D eigenvalue weighted by Crippen LogP contribution is -2.43. The lowest BCUT2D eigenvalue weighted by atomic mass is 10.1. The van der Waals surface area contributed by atoms with Crippen LogP contribution in [0.25, 0.3) is 0 Å². The number of nitrogens with one attached hydrogen (secondary N) is 2. The Morgan fingerprint density at radius 3 is 2.48 bits per heavy atom. The largest absolute Gasteiger partial charge is 0.445 e. The van der Waals surface area contributed by atoms with Gasteiger partial charge in [-0.25, -0.2) is 14.6 Å². The molecule has 0 saturated heterocycles. The van der Waals surface area contributed by atoms with Crippen molar-refractivity contribution in [2.45, 2.75) is 58.3 Å². The number of carbonyl (C=O) groups excluding carboxylic acids is 3. The third-order valence-electron chi connectivity index (χ3n) is 4.05. The van der Waals surface area contributed by atoms with Gasteiger partial charge in [-0.3, -0.25) is 4.79 Å². The van der Waals surface area contributed by atoms with E-state index in [0.29, 0.717) is 30.8 Å². The van der Waals surface area contributed by atoms with Gasteiger partial charge in [0.1, 0.15) is 12.2 Å². The number of alkyl carbamates (subject to hydrolysis) is 2. The summed E-state index contributed by atoms with van der Waals surface area (Å²) in [7, 11) is 0. The Morgan fingerprint density at radius 1 is 1.10 bits per heavy atom. The number of rotatable bonds is 10. The molecule has 0 bridgehead atoms. The van der Waals surface area contributed by atoms with Gasteiger partial charge in [0.25, 0.3) is 0 Å². The normalized spacial score (nSPS) is 12.0. The Kier molecular flexibility index (Phi) is 9.45. The summed E-state index contributed by atoms with van der Waals surface area (Å²) < 4.78 is 10.4. The number of nitrogens with zero attached hydrogens (tertiary/aromatic N) is 1. The molecule has 1 unspecified atom stereocenters. The number of unbranched alkanes of at least 4 members (excludes halogenated alkanes) is 1. The van der Waals surface area contributed by atoms with Crippen molar-refractivity contribution in [3.05, 3.63) is 52.5 Å². The van der Waals surface area contributed by atoms with E-state index in [1.807, 2.05) is 30.3 Å². The van der Waals surface area contributed by atoms with E-state index in [4.69, 9.17) is 9.47 Å². The second kappa shape index (κ2) is 12.0. The second-order valence-corrected chi connectivity index (χ2v) is 8.78. The minimum atomic E-state index is -0.744. The van der Waals surface area contributed by atoms with Crippen LogP contribution in [0, 0.1) is 0 Å². The van der Waals surface area contributed by atoms with Crippen molar-refractivity contribution in [1.82, 2.24) is 15.6 Å². The molecular formula is C22H29N3O5S. The fourth-order valence-electron chi connectivity index (χ4n) is 2.65. The van der Waals surface area contributed by atoms with E-state index in [1.54, 1.807) is 32.3 Å². The van der Waals surface area contributed by atoms with E-state index in [0.717, 1.165) is 5.56 Å². The highest BCUT2D eigenvalue weighted by molar-refractivity contribution is 7.11. The molecule has 1 aromatic heterocycles. The molecule has 0 spiro atoms. The van der Waals surface area contributed by atoms with Gasteiger partial charge < -0.3 is 20.1 Å². The number of aromatic nitrogens is 1. The first-order valence-corrected chi connectivity index (χ1v) is 11.0. The maximum absolute atomic E-state index is 12.7. The molecule has 1 atom stereocenters. The second-order valence-electron chi connectivity index (χ2n) is 7.88. The van der Waals surface area contributed by atoms with Crippen LogP contribution >= 0.6 is 11.3 Å². The highest BCUT2D eigenvalue weighted by atomic mass is 32.1. The summed E-state index contributed by atoms with van der Waals surface area (Å²) in [6.07, 6.45) is 2.04. The molecule has 2 rings (SSSR count). The summed E-state index contributed by atoms with van der Waals surface area (Å²) in [5, 5.41) is 7.38. The van der Waals surface area contributed by atoms with Gasteiger partial charge in [-0.15, -0.1) is 11.3 Å². The predicted octanol–water partition coefficient (Wildman–Crippen LogP) is 4.32. The van der Waals surface area contributed by atoms with Crippen LogP contribution < -0.4 is 10.6 Å². The molecule has 0 aliphatic rings. The van der Waals surface area contributed by atoms with Gasteiger partial charge >= 0.3 is 12.2 Å². The monoisotopic (exact) mass is 447 g/mol. The standard InChI is InChI=1S/C22H29N3O5S/c1-22(2,3)30-21(28)25-17(18(26)19-23-13-14-31-19)11-7-8-12-24-20(27)29-15-16-9-5-4-6-10-16/h4-6,9-10,13-14,17H,7-8,11-12,15H2,1-3H3,(H,24,27)(H,25,28). The van der Waals surface area contributed by atoms with Crippen molar-refractivity contribution < 1.29 is 23.9 Å². The fourth-order valence-corrected chi connectivity index (χ4v) is 3.28. The summed E-state index contributed by atoms with van der Waals surface area (Å²) in [6, 6.07) is 8.67. The highest BCUT2D eigenvalue weighted by Crippen LogP contribution is 2.13. The van der Waals surface area contributed by atoms with E-state index < -0.39 is 23.8 Å². The van der Waals surface area contributed by atoms with Crippen LogP contribution in [0.4, 0.5) is 9.59 Å². The van der Waals surface area contributed by atoms with Gasteiger partial charge in [-0.2, -0.15) is 0 Å². The molecule has 2 aromatic rings. The van der Waals surface area contributed by atoms with Crippen LogP contribution in [0.1, 0.15) is 55.4 Å². The van der Waals surface area contributed by atoms with Gasteiger partial charge in [-0.05, 0) is 45.6 Å². The van der Waals surface area contributed by atoms with Crippen molar-refractivity contribution in [2.24, 2.45) is 0 Å². The van der Waals surface area contributed by atoms with Gasteiger partial charge in [-0.1, -0.05) is 30.3 Å². The van der Waals surface area contributed by atoms with E-state index in [-0.39, 0.29) is 12.4 Å². The van der Waals surface area contributed by atoms with Crippen LogP contribution in [-0.2, 0) is 16.1 Å². The molecule has 1 aromatic carbocycles. The van der Waals surface area contributed by atoms with Crippen molar-refractivity contribution in [1.29, 1.82) is 0 Å². The van der Waals surface area contributed by atoms with Crippen molar-refractivity contribution in [3.63, 3.8) is 0 Å². The smallest absolute Gasteiger partial charge is 0.408 e. The Morgan fingerprint density at radius 2 is 1.84 bits per heavy atom. The molecule has 8 nitrogen and oxygen atoms in total. The number of Topliss-reactive ketones (excluding diaryl/α,β-unsaturated/α-hetero) is 1. The summed E-state index contributed by atoms with van der Waals surface area (Å²) in [5.74, 6) is -0.254. The molecule has 0 radical (unpaired) electrons. The van der Waals surface area contributed by atoms with Crippen LogP contribution in [0.2, 0.25) is 0 Å². The molecule has 0 fully saturated rings. The van der Waals surface area contributed by atoms with E-state index in [9.17, 15) is 14.4 Å². The summed E-state index contributed by atoms with van der Waals surface area (Å²) in [6.45, 7) is 5.88. The average molecular weight is 448 g/mol. The van der Waals surface area contributed by atoms with Crippen LogP contribution in [-0.4, -0.2) is 41.1 Å². The van der Waals surface area contributed by atoms with Crippen LogP contribution in [0.3, 0.4) is 0 Å². The van der Waals surface area contributed by atoms with E-state index >= 15 is 0 Å². The molecule has 2 amide bonds. The van der Waals surface area contributed by atoms with Gasteiger partial charge in [0.15, 0.2) is 5.01 Å². The summed E-state index contributed by atoms with van der Waals surface area (Å²) in [5.41, 5.74) is 0.248. The molecular weight excluding hydrogens is 418 g/mol. The first-order valence-electron chi connectivity index (χ1n) is 10.1. The topological polar surface area (TPSA) is 107 Å². The minimum absolute atomic E-state index is 0.205. The number of carbonyl (C=O) groups is 3. The Balaban J connectivity index is 1.75. The number of hydrogen-bond acceptors (Lipinski definition) is 7. The zero-order valence-corrected chi connectivity index (χ0v) is 18.9. The predicted molar refractivity (Wildman–Crippen MR) is 118 cm³/mol. The summed E-state index contributed by atoms with van der Waals surface area (Å²) >= 11 is 1.22. The average Bonchev–Trinajstić information content (AvgIpc) is 3.25. The molecule has 2 N–H and O–H groups in total. The van der Waals surface area contributed by atoms with Gasteiger partial charge in [0, 0.05) is 18.1 Å². The van der Waals surface area contributed by atoms with Crippen molar-refractivity contribution in [3.8, 4) is 0 Å². The number of hydrogen-bond donors (Lipinski definition) is 2. The fraction of sp³-hybridized carbons (Fsp3) is 0.455. The Hall–Kier alpha value is -2.94. The maximum Gasteiger partial charge on any atom is 0.408 e. The van der Waals surface area contributed by atoms with Gasteiger partial charge in [0.05, 0.1) is 6.04 Å². The molecule has 0 aliphatic heterocycles. The molecule has 9 heteroatoms. The first kappa shape index (κ1) is 24.3. The lowest BCUT2D eigenvalue weighted by molar-refractivity contribution is 0.0488. The molecule has 1 heterocycles. The van der Waals surface area contributed by atoms with E-state index in [1.165, 1.54) is 11.3 Å². The van der Waals surface area contributed by atoms with Crippen molar-refractivity contribution in [2.75, 3.05) is 6.54 Å². The number of amides is 2. The Bertz CT molecular complexity index is 835. The third-order valence-corrected chi connectivity index (χ3v) is 4.84. The lowest BCUT2D eigenvalue weighted by Gasteiger charge is -2.22. The zero-order chi connectivity index (χ0) is 22.7. The van der Waals surface area contributed by atoms with E-state index in [2.05, 4.69) is 15.6 Å². The van der Waals surface area contributed by atoms with Crippen LogP contribution in [0.5, 0.6) is 0 Å². The Labute approximate surface area is 186 Å². The zero-order valence-electron chi connectivity index (χ0n) is 18.1.